The van der Waals surface area contributed by atoms with E-state index in [0.29, 0.717) is 43.0 Å². The fraction of sp³-hybridized carbons (Fsp3) is 0.190. The van der Waals surface area contributed by atoms with Gasteiger partial charge in [-0.1, -0.05) is 35.9 Å². The van der Waals surface area contributed by atoms with Crippen LogP contribution in [0.5, 0.6) is 0 Å². The van der Waals surface area contributed by atoms with Gasteiger partial charge in [0.15, 0.2) is 0 Å². The molecule has 1 saturated heterocycles. The third-order valence-electron chi connectivity index (χ3n) is 4.63. The smallest absolute Gasteiger partial charge is 0.264 e. The van der Waals surface area contributed by atoms with Crippen molar-refractivity contribution in [2.24, 2.45) is 0 Å². The van der Waals surface area contributed by atoms with E-state index < -0.39 is 0 Å². The second-order valence-corrected chi connectivity index (χ2v) is 7.78. The van der Waals surface area contributed by atoms with Gasteiger partial charge < -0.3 is 14.2 Å². The Hall–Kier alpha value is -3.08. The van der Waals surface area contributed by atoms with Crippen LogP contribution in [0.2, 0.25) is 5.02 Å². The quantitative estimate of drug-likeness (QED) is 0.620. The zero-order valence-electron chi connectivity index (χ0n) is 15.4. The van der Waals surface area contributed by atoms with Crippen LogP contribution in [0.1, 0.15) is 26.8 Å². The lowest BCUT2D eigenvalue weighted by molar-refractivity contribution is 0.0750. The molecule has 0 N–H and O–H groups in total. The molecule has 0 spiro atoms. The van der Waals surface area contributed by atoms with Gasteiger partial charge in [0.25, 0.3) is 5.91 Å². The fourth-order valence-electron chi connectivity index (χ4n) is 3.13. The first-order valence-corrected chi connectivity index (χ1v) is 10.3. The number of oxazole rings is 1. The van der Waals surface area contributed by atoms with Crippen molar-refractivity contribution in [3.05, 3.63) is 68.8 Å². The Labute approximate surface area is 177 Å². The third kappa shape index (κ3) is 4.19. The first-order chi connectivity index (χ1) is 14.2. The number of hydrogen-bond acceptors (Lipinski definition) is 6. The maximum Gasteiger partial charge on any atom is 0.264 e. The summed E-state index contributed by atoms with van der Waals surface area (Å²) in [5.41, 5.74) is 1.08. The van der Waals surface area contributed by atoms with Gasteiger partial charge in [0.1, 0.15) is 6.07 Å². The Morgan fingerprint density at radius 2 is 1.97 bits per heavy atom. The van der Waals surface area contributed by atoms with E-state index in [2.05, 4.69) is 11.1 Å². The minimum absolute atomic E-state index is 0.0427. The number of anilines is 1. The van der Waals surface area contributed by atoms with Crippen LogP contribution in [0.25, 0.3) is 12.2 Å². The van der Waals surface area contributed by atoms with Crippen LogP contribution in [0, 0.1) is 11.3 Å². The lowest BCUT2D eigenvalue weighted by atomic mass is 10.2. The first-order valence-electron chi connectivity index (χ1n) is 9.07. The number of nitriles is 1. The zero-order valence-corrected chi connectivity index (χ0v) is 17.0. The molecule has 1 fully saturated rings. The highest BCUT2D eigenvalue weighted by Gasteiger charge is 2.26. The number of carbonyl (C=O) groups excluding carboxylic acids is 1. The lowest BCUT2D eigenvalue weighted by Crippen LogP contribution is -2.48. The van der Waals surface area contributed by atoms with Crippen molar-refractivity contribution in [1.82, 2.24) is 9.88 Å². The number of piperazine rings is 1. The molecule has 1 aromatic carbocycles. The molecule has 0 unspecified atom stereocenters. The van der Waals surface area contributed by atoms with Crippen LogP contribution in [0.3, 0.4) is 0 Å². The van der Waals surface area contributed by atoms with E-state index in [1.807, 2.05) is 45.5 Å². The molecule has 3 heterocycles. The molecule has 0 atom stereocenters. The maximum atomic E-state index is 12.5. The highest BCUT2D eigenvalue weighted by atomic mass is 35.5. The fourth-order valence-corrected chi connectivity index (χ4v) is 4.02. The minimum Gasteiger partial charge on any atom is -0.420 e. The van der Waals surface area contributed by atoms with Crippen LogP contribution in [-0.4, -0.2) is 42.0 Å². The van der Waals surface area contributed by atoms with Gasteiger partial charge >= 0.3 is 0 Å². The number of benzene rings is 1. The summed E-state index contributed by atoms with van der Waals surface area (Å²) in [6.45, 7) is 2.28. The van der Waals surface area contributed by atoms with Gasteiger partial charge in [-0.2, -0.15) is 10.2 Å². The summed E-state index contributed by atoms with van der Waals surface area (Å²) in [6.07, 6.45) is 3.50. The Bertz CT molecular complexity index is 1080. The second kappa shape index (κ2) is 8.52. The van der Waals surface area contributed by atoms with Crippen molar-refractivity contribution in [1.29, 1.82) is 5.26 Å². The van der Waals surface area contributed by atoms with Gasteiger partial charge in [-0.05, 0) is 29.2 Å². The lowest BCUT2D eigenvalue weighted by Gasteiger charge is -2.34. The van der Waals surface area contributed by atoms with E-state index in [0.717, 1.165) is 10.4 Å². The van der Waals surface area contributed by atoms with Crippen molar-refractivity contribution in [2.75, 3.05) is 31.1 Å². The predicted octanol–water partition coefficient (Wildman–Crippen LogP) is 4.39. The van der Waals surface area contributed by atoms with Crippen LogP contribution < -0.4 is 4.90 Å². The molecule has 146 valence electrons. The predicted molar refractivity (Wildman–Crippen MR) is 114 cm³/mol. The number of halogens is 1. The number of hydrogen-bond donors (Lipinski definition) is 0. The minimum atomic E-state index is 0.0427. The molecular weight excluding hydrogens is 408 g/mol. The molecule has 2 aromatic heterocycles. The molecule has 0 radical (unpaired) electrons. The summed E-state index contributed by atoms with van der Waals surface area (Å²) in [6, 6.07) is 13.2. The van der Waals surface area contributed by atoms with Gasteiger partial charge in [0.05, 0.1) is 4.88 Å². The Morgan fingerprint density at radius 3 is 2.66 bits per heavy atom. The van der Waals surface area contributed by atoms with Crippen molar-refractivity contribution < 1.29 is 9.21 Å². The summed E-state index contributed by atoms with van der Waals surface area (Å²) in [5.74, 6) is 0.823. The molecule has 0 aliphatic carbocycles. The first kappa shape index (κ1) is 19.2. The van der Waals surface area contributed by atoms with Gasteiger partial charge in [-0.25, -0.2) is 0 Å². The number of rotatable bonds is 4. The van der Waals surface area contributed by atoms with E-state index in [4.69, 9.17) is 16.0 Å². The van der Waals surface area contributed by atoms with E-state index in [9.17, 15) is 10.1 Å². The third-order valence-corrected chi connectivity index (χ3v) is 5.83. The van der Waals surface area contributed by atoms with E-state index >= 15 is 0 Å². The summed E-state index contributed by atoms with van der Waals surface area (Å²) in [4.78, 5) is 21.3. The van der Waals surface area contributed by atoms with E-state index in [-0.39, 0.29) is 11.6 Å². The van der Waals surface area contributed by atoms with Crippen molar-refractivity contribution >= 4 is 46.9 Å². The van der Waals surface area contributed by atoms with Crippen LogP contribution in [0.15, 0.2) is 46.2 Å². The highest BCUT2D eigenvalue weighted by Crippen LogP contribution is 2.25. The van der Waals surface area contributed by atoms with Crippen LogP contribution in [-0.2, 0) is 0 Å². The molecule has 1 aliphatic heterocycles. The SMILES string of the molecule is N#Cc1nc(C=Cc2ccccc2Cl)oc1N1CCN(C(=O)c2cccs2)CC1. The Balaban J connectivity index is 1.46. The molecule has 3 aromatic rings. The molecule has 29 heavy (non-hydrogen) atoms. The second-order valence-electron chi connectivity index (χ2n) is 6.43. The Kier molecular flexibility index (Phi) is 5.65. The van der Waals surface area contributed by atoms with Gasteiger partial charge in [0.2, 0.25) is 17.5 Å². The van der Waals surface area contributed by atoms with Gasteiger partial charge in [-0.3, -0.25) is 4.79 Å². The molecule has 0 saturated carbocycles. The number of aromatic nitrogens is 1. The molecular formula is C21H17ClN4O2S. The molecule has 4 rings (SSSR count). The Morgan fingerprint density at radius 1 is 1.17 bits per heavy atom. The number of thiophene rings is 1. The maximum absolute atomic E-state index is 12.5. The summed E-state index contributed by atoms with van der Waals surface area (Å²) < 4.78 is 5.84. The largest absolute Gasteiger partial charge is 0.420 e. The van der Waals surface area contributed by atoms with Crippen molar-refractivity contribution in [3.8, 4) is 6.07 Å². The normalized spacial score (nSPS) is 14.3. The molecule has 6 nitrogen and oxygen atoms in total. The van der Waals surface area contributed by atoms with Crippen molar-refractivity contribution in [3.63, 3.8) is 0 Å². The van der Waals surface area contributed by atoms with Crippen molar-refractivity contribution in [2.45, 2.75) is 0 Å². The summed E-state index contributed by atoms with van der Waals surface area (Å²) in [5, 5.41) is 12.0. The zero-order chi connectivity index (χ0) is 20.2. The molecule has 1 amide bonds. The van der Waals surface area contributed by atoms with Gasteiger partial charge in [0, 0.05) is 37.3 Å². The summed E-state index contributed by atoms with van der Waals surface area (Å²) in [7, 11) is 0. The summed E-state index contributed by atoms with van der Waals surface area (Å²) >= 11 is 7.60. The molecule has 0 bridgehead atoms. The van der Waals surface area contributed by atoms with Gasteiger partial charge in [-0.15, -0.1) is 11.3 Å². The van der Waals surface area contributed by atoms with E-state index in [1.165, 1.54) is 11.3 Å². The standard InChI is InChI=1S/C21H17ClN4O2S/c22-16-5-2-1-4-15(16)7-8-19-24-17(14-23)21(28-19)26-11-9-25(10-12-26)20(27)18-6-3-13-29-18/h1-8,13H,9-12H2. The molecule has 1 aliphatic rings. The number of nitrogens with zero attached hydrogens (tertiary/aromatic N) is 4. The number of amides is 1. The average molecular weight is 425 g/mol. The van der Waals surface area contributed by atoms with Crippen LogP contribution >= 0.6 is 22.9 Å². The topological polar surface area (TPSA) is 73.4 Å². The van der Waals surface area contributed by atoms with Crippen LogP contribution in [0.4, 0.5) is 5.88 Å². The monoisotopic (exact) mass is 424 g/mol. The average Bonchev–Trinajstić information content (AvgIpc) is 3.43. The number of carbonyl (C=O) groups is 1. The molecule has 8 heteroatoms. The van der Waals surface area contributed by atoms with E-state index in [1.54, 1.807) is 18.2 Å². The highest BCUT2D eigenvalue weighted by molar-refractivity contribution is 7.12.